The van der Waals surface area contributed by atoms with Crippen LogP contribution >= 0.6 is 0 Å². The summed E-state index contributed by atoms with van der Waals surface area (Å²) in [5, 5.41) is 4.18. The van der Waals surface area contributed by atoms with E-state index in [1.807, 2.05) is 4.68 Å². The predicted molar refractivity (Wildman–Crippen MR) is 84.3 cm³/mol. The third kappa shape index (κ3) is 3.24. The number of nitrogens with zero attached hydrogens (tertiary/aromatic N) is 5. The third-order valence-corrected chi connectivity index (χ3v) is 4.22. The van der Waals surface area contributed by atoms with Crippen molar-refractivity contribution in [2.75, 3.05) is 32.1 Å². The molecule has 0 saturated carbocycles. The maximum absolute atomic E-state index is 4.18. The summed E-state index contributed by atoms with van der Waals surface area (Å²) in [4.78, 5) is 8.73. The van der Waals surface area contributed by atoms with Crippen molar-refractivity contribution in [3.8, 4) is 0 Å². The molecule has 0 aliphatic carbocycles. The van der Waals surface area contributed by atoms with Gasteiger partial charge in [-0.3, -0.25) is 9.58 Å². The van der Waals surface area contributed by atoms with Crippen molar-refractivity contribution >= 4 is 5.69 Å². The molecule has 0 bridgehead atoms. The molecular weight excluding hydrogens is 262 g/mol. The Balaban J connectivity index is 1.70. The van der Waals surface area contributed by atoms with Crippen LogP contribution in [0, 0.1) is 0 Å². The summed E-state index contributed by atoms with van der Waals surface area (Å²) < 4.78 is 1.91. The van der Waals surface area contributed by atoms with Crippen LogP contribution in [0.15, 0.2) is 36.9 Å². The van der Waals surface area contributed by atoms with Crippen LogP contribution in [0.3, 0.4) is 0 Å². The summed E-state index contributed by atoms with van der Waals surface area (Å²) in [6.07, 6.45) is 5.90. The average molecular weight is 285 g/mol. The fourth-order valence-corrected chi connectivity index (χ4v) is 3.06. The van der Waals surface area contributed by atoms with Crippen molar-refractivity contribution in [2.24, 2.45) is 0 Å². The van der Waals surface area contributed by atoms with Gasteiger partial charge in [0.05, 0.1) is 6.54 Å². The van der Waals surface area contributed by atoms with E-state index in [-0.39, 0.29) is 0 Å². The first-order valence-corrected chi connectivity index (χ1v) is 7.58. The van der Waals surface area contributed by atoms with Crippen molar-refractivity contribution in [2.45, 2.75) is 25.4 Å². The minimum atomic E-state index is 0.536. The van der Waals surface area contributed by atoms with E-state index in [0.29, 0.717) is 6.04 Å². The molecule has 0 radical (unpaired) electrons. The zero-order valence-corrected chi connectivity index (χ0v) is 12.8. The zero-order chi connectivity index (χ0) is 14.7. The summed E-state index contributed by atoms with van der Waals surface area (Å²) >= 11 is 0. The number of rotatable bonds is 5. The van der Waals surface area contributed by atoms with Crippen molar-refractivity contribution < 1.29 is 0 Å². The van der Waals surface area contributed by atoms with E-state index in [9.17, 15) is 0 Å². The van der Waals surface area contributed by atoms with E-state index in [0.717, 1.165) is 13.1 Å². The molecule has 2 heterocycles. The Hall–Kier alpha value is -1.88. The van der Waals surface area contributed by atoms with E-state index in [1.54, 1.807) is 12.7 Å². The van der Waals surface area contributed by atoms with Gasteiger partial charge in [0.2, 0.25) is 0 Å². The lowest BCUT2D eigenvalue weighted by Gasteiger charge is -2.25. The molecule has 1 aliphatic rings. The lowest BCUT2D eigenvalue weighted by molar-refractivity contribution is 0.243. The molecule has 1 unspecified atom stereocenters. The number of hydrogen-bond donors (Lipinski definition) is 0. The van der Waals surface area contributed by atoms with Gasteiger partial charge in [-0.1, -0.05) is 12.1 Å². The van der Waals surface area contributed by atoms with Crippen LogP contribution in [0.1, 0.15) is 24.4 Å². The average Bonchev–Trinajstić information content (AvgIpc) is 3.16. The van der Waals surface area contributed by atoms with Crippen molar-refractivity contribution in [1.29, 1.82) is 0 Å². The molecule has 112 valence electrons. The SMILES string of the molecule is CN(C)c1cccc(C2CCCN2CCn2cncn2)c1. The van der Waals surface area contributed by atoms with Gasteiger partial charge in [0.15, 0.2) is 0 Å². The second-order valence-electron chi connectivity index (χ2n) is 5.84. The van der Waals surface area contributed by atoms with E-state index >= 15 is 0 Å². The minimum Gasteiger partial charge on any atom is -0.378 e. The van der Waals surface area contributed by atoms with Gasteiger partial charge < -0.3 is 4.90 Å². The maximum Gasteiger partial charge on any atom is 0.137 e. The molecule has 1 fully saturated rings. The van der Waals surface area contributed by atoms with Gasteiger partial charge in [-0.15, -0.1) is 0 Å². The Morgan fingerprint density at radius 3 is 2.95 bits per heavy atom. The third-order valence-electron chi connectivity index (χ3n) is 4.22. The number of aromatic nitrogens is 3. The summed E-state index contributed by atoms with van der Waals surface area (Å²) in [6, 6.07) is 9.44. The van der Waals surface area contributed by atoms with Crippen LogP contribution in [-0.2, 0) is 6.54 Å². The predicted octanol–water partition coefficient (Wildman–Crippen LogP) is 2.18. The van der Waals surface area contributed by atoms with Crippen LogP contribution in [-0.4, -0.2) is 46.8 Å². The van der Waals surface area contributed by atoms with Crippen LogP contribution in [0.2, 0.25) is 0 Å². The molecule has 21 heavy (non-hydrogen) atoms. The Bertz CT molecular complexity index is 564. The van der Waals surface area contributed by atoms with Crippen molar-refractivity contribution in [3.05, 3.63) is 42.5 Å². The van der Waals surface area contributed by atoms with E-state index < -0.39 is 0 Å². The Kier molecular flexibility index (Phi) is 4.20. The molecule has 5 nitrogen and oxygen atoms in total. The second-order valence-corrected chi connectivity index (χ2v) is 5.84. The smallest absolute Gasteiger partial charge is 0.137 e. The van der Waals surface area contributed by atoms with Crippen LogP contribution < -0.4 is 4.90 Å². The van der Waals surface area contributed by atoms with Gasteiger partial charge in [0.25, 0.3) is 0 Å². The van der Waals surface area contributed by atoms with E-state index in [1.165, 1.54) is 30.6 Å². The highest BCUT2D eigenvalue weighted by molar-refractivity contribution is 5.48. The Labute approximate surface area is 126 Å². The Morgan fingerprint density at radius 2 is 2.19 bits per heavy atom. The summed E-state index contributed by atoms with van der Waals surface area (Å²) in [7, 11) is 4.19. The molecule has 1 aromatic carbocycles. The monoisotopic (exact) mass is 285 g/mol. The van der Waals surface area contributed by atoms with Crippen LogP contribution in [0.4, 0.5) is 5.69 Å². The summed E-state index contributed by atoms with van der Waals surface area (Å²) in [6.45, 7) is 3.11. The van der Waals surface area contributed by atoms with Gasteiger partial charge in [-0.05, 0) is 37.1 Å². The topological polar surface area (TPSA) is 37.2 Å². The lowest BCUT2D eigenvalue weighted by Crippen LogP contribution is -2.27. The number of anilines is 1. The summed E-state index contributed by atoms with van der Waals surface area (Å²) in [5.74, 6) is 0. The first-order chi connectivity index (χ1) is 10.2. The number of hydrogen-bond acceptors (Lipinski definition) is 4. The molecule has 0 spiro atoms. The van der Waals surface area contributed by atoms with Gasteiger partial charge in [-0.2, -0.15) is 5.10 Å². The molecule has 0 amide bonds. The fraction of sp³-hybridized carbons (Fsp3) is 0.500. The molecule has 5 heteroatoms. The molecule has 1 saturated heterocycles. The van der Waals surface area contributed by atoms with Gasteiger partial charge in [0, 0.05) is 32.4 Å². The zero-order valence-electron chi connectivity index (χ0n) is 12.8. The first-order valence-electron chi connectivity index (χ1n) is 7.58. The van der Waals surface area contributed by atoms with Gasteiger partial charge >= 0.3 is 0 Å². The van der Waals surface area contributed by atoms with Gasteiger partial charge in [0.1, 0.15) is 12.7 Å². The van der Waals surface area contributed by atoms with Crippen molar-refractivity contribution in [1.82, 2.24) is 19.7 Å². The second kappa shape index (κ2) is 6.26. The highest BCUT2D eigenvalue weighted by atomic mass is 15.3. The minimum absolute atomic E-state index is 0.536. The van der Waals surface area contributed by atoms with E-state index in [4.69, 9.17) is 0 Å². The molecule has 3 rings (SSSR count). The molecule has 1 aromatic heterocycles. The lowest BCUT2D eigenvalue weighted by atomic mass is 10.0. The van der Waals surface area contributed by atoms with Gasteiger partial charge in [-0.25, -0.2) is 4.98 Å². The van der Waals surface area contributed by atoms with Crippen LogP contribution in [0.25, 0.3) is 0 Å². The first kappa shape index (κ1) is 14.1. The highest BCUT2D eigenvalue weighted by Crippen LogP contribution is 2.33. The fourth-order valence-electron chi connectivity index (χ4n) is 3.06. The molecular formula is C16H23N5. The summed E-state index contributed by atoms with van der Waals surface area (Å²) in [5.41, 5.74) is 2.70. The number of benzene rings is 1. The standard InChI is InChI=1S/C16H23N5/c1-19(2)15-6-3-5-14(11-15)16-7-4-8-20(16)9-10-21-13-17-12-18-21/h3,5-6,11-13,16H,4,7-10H2,1-2H3. The molecule has 2 aromatic rings. The molecule has 1 atom stereocenters. The van der Waals surface area contributed by atoms with Crippen molar-refractivity contribution in [3.63, 3.8) is 0 Å². The molecule has 0 N–H and O–H groups in total. The largest absolute Gasteiger partial charge is 0.378 e. The Morgan fingerprint density at radius 1 is 1.29 bits per heavy atom. The highest BCUT2D eigenvalue weighted by Gasteiger charge is 2.25. The van der Waals surface area contributed by atoms with Crippen LogP contribution in [0.5, 0.6) is 0 Å². The van der Waals surface area contributed by atoms with E-state index in [2.05, 4.69) is 58.2 Å². The normalized spacial score (nSPS) is 19.0. The quantitative estimate of drug-likeness (QED) is 0.844. The number of likely N-dealkylation sites (tertiary alicyclic amines) is 1. The molecule has 1 aliphatic heterocycles. The maximum atomic E-state index is 4.18.